The van der Waals surface area contributed by atoms with Crippen LogP contribution in [0, 0.1) is 0 Å². The van der Waals surface area contributed by atoms with Crippen LogP contribution in [0.1, 0.15) is 11.7 Å². The smallest absolute Gasteiger partial charge is 0.337 e. The lowest BCUT2D eigenvalue weighted by atomic mass is 10.1. The maximum Gasteiger partial charge on any atom is 0.337 e. The number of aliphatic carboxylic acids is 1. The van der Waals surface area contributed by atoms with Gasteiger partial charge in [0.05, 0.1) is 0 Å². The summed E-state index contributed by atoms with van der Waals surface area (Å²) in [5.41, 5.74) is 0.403. The Morgan fingerprint density at radius 3 is 2.17 bits per heavy atom. The van der Waals surface area contributed by atoms with Gasteiger partial charge < -0.3 is 10.2 Å². The van der Waals surface area contributed by atoms with E-state index in [1.807, 2.05) is 0 Å². The predicted molar refractivity (Wildman–Crippen MR) is 44.8 cm³/mol. The van der Waals surface area contributed by atoms with Crippen molar-refractivity contribution in [3.63, 3.8) is 0 Å². The fourth-order valence-electron chi connectivity index (χ4n) is 0.778. The first kappa shape index (κ1) is 11.4. The lowest BCUT2D eigenvalue weighted by Gasteiger charge is -2.03. The number of benzene rings is 1. The zero-order valence-corrected chi connectivity index (χ0v) is 7.89. The molecule has 0 aliphatic heterocycles. The average Bonchev–Trinajstić information content (AvgIpc) is 2.05. The van der Waals surface area contributed by atoms with Gasteiger partial charge in [-0.2, -0.15) is 0 Å². The zero-order valence-electron chi connectivity index (χ0n) is 6.47. The van der Waals surface area contributed by atoms with Crippen LogP contribution >= 0.6 is 0 Å². The third kappa shape index (κ3) is 2.81. The predicted octanol–water partition coefficient (Wildman–Crippen LogP) is 0.424. The molecule has 12 heavy (non-hydrogen) atoms. The number of hydrogen-bond donors (Lipinski definition) is 2. The largest absolute Gasteiger partial charge is 0.479 e. The summed E-state index contributed by atoms with van der Waals surface area (Å²) in [6, 6.07) is 8.26. The van der Waals surface area contributed by atoms with Gasteiger partial charge in [0.15, 0.2) is 6.10 Å². The maximum atomic E-state index is 10.2. The zero-order chi connectivity index (χ0) is 8.27. The lowest BCUT2D eigenvalue weighted by molar-refractivity contribution is -0.146. The highest BCUT2D eigenvalue weighted by Gasteiger charge is 2.14. The summed E-state index contributed by atoms with van der Waals surface area (Å²) < 4.78 is 0. The molecule has 0 saturated heterocycles. The van der Waals surface area contributed by atoms with Gasteiger partial charge in [0.2, 0.25) is 0 Å². The van der Waals surface area contributed by atoms with Gasteiger partial charge in [0, 0.05) is 23.1 Å². The molecular formula is C8H8MgO3. The van der Waals surface area contributed by atoms with Crippen molar-refractivity contribution in [1.29, 1.82) is 0 Å². The van der Waals surface area contributed by atoms with E-state index in [2.05, 4.69) is 0 Å². The highest BCUT2D eigenvalue weighted by atomic mass is 24.3. The van der Waals surface area contributed by atoms with Gasteiger partial charge >= 0.3 is 5.97 Å². The minimum absolute atomic E-state index is 0. The van der Waals surface area contributed by atoms with Crippen LogP contribution in [0.3, 0.4) is 0 Å². The van der Waals surface area contributed by atoms with Gasteiger partial charge in [0.25, 0.3) is 0 Å². The highest BCUT2D eigenvalue weighted by molar-refractivity contribution is 5.75. The lowest BCUT2D eigenvalue weighted by Crippen LogP contribution is -2.09. The molecule has 3 nitrogen and oxygen atoms in total. The molecule has 0 bridgehead atoms. The first-order valence-electron chi connectivity index (χ1n) is 3.17. The molecule has 2 N–H and O–H groups in total. The minimum atomic E-state index is -1.41. The molecule has 0 aromatic heterocycles. The quantitative estimate of drug-likeness (QED) is 0.642. The van der Waals surface area contributed by atoms with E-state index in [1.165, 1.54) is 0 Å². The summed E-state index contributed by atoms with van der Waals surface area (Å²) in [7, 11) is 0. The number of hydrogen-bond acceptors (Lipinski definition) is 2. The molecule has 1 rings (SSSR count). The first-order valence-corrected chi connectivity index (χ1v) is 3.17. The average molecular weight is 176 g/mol. The number of aliphatic hydroxyl groups is 1. The summed E-state index contributed by atoms with van der Waals surface area (Å²) in [5.74, 6) is -1.23. The Morgan fingerprint density at radius 2 is 1.75 bits per heavy atom. The normalized spacial score (nSPS) is 11.4. The SMILES string of the molecule is O=C(O)[C@H](O)c1ccccc1.[Mg]. The third-order valence-electron chi connectivity index (χ3n) is 1.35. The van der Waals surface area contributed by atoms with Crippen molar-refractivity contribution in [3.05, 3.63) is 35.9 Å². The van der Waals surface area contributed by atoms with Crippen LogP contribution in [0.2, 0.25) is 0 Å². The molecule has 60 valence electrons. The molecule has 0 spiro atoms. The van der Waals surface area contributed by atoms with E-state index in [9.17, 15) is 4.79 Å². The number of carbonyl (C=O) groups is 1. The van der Waals surface area contributed by atoms with Gasteiger partial charge in [-0.05, 0) is 5.56 Å². The molecule has 0 aliphatic carbocycles. The van der Waals surface area contributed by atoms with Crippen LogP contribution in [0.25, 0.3) is 0 Å². The van der Waals surface area contributed by atoms with Gasteiger partial charge in [-0.3, -0.25) is 0 Å². The molecule has 1 atom stereocenters. The van der Waals surface area contributed by atoms with Gasteiger partial charge in [-0.25, -0.2) is 4.79 Å². The molecule has 1 aromatic rings. The molecule has 0 fully saturated rings. The van der Waals surface area contributed by atoms with Crippen LogP contribution in [-0.4, -0.2) is 39.2 Å². The monoisotopic (exact) mass is 176 g/mol. The van der Waals surface area contributed by atoms with E-state index >= 15 is 0 Å². The maximum absolute atomic E-state index is 10.2. The number of aliphatic hydroxyl groups excluding tert-OH is 1. The number of carboxylic acid groups (broad SMARTS) is 1. The summed E-state index contributed by atoms with van der Waals surface area (Å²) in [6.45, 7) is 0. The Morgan fingerprint density at radius 1 is 1.25 bits per heavy atom. The molecule has 0 unspecified atom stereocenters. The van der Waals surface area contributed by atoms with Crippen LogP contribution in [0.4, 0.5) is 0 Å². The van der Waals surface area contributed by atoms with Crippen LogP contribution in [0.5, 0.6) is 0 Å². The molecule has 0 saturated carbocycles. The second kappa shape index (κ2) is 5.13. The van der Waals surface area contributed by atoms with E-state index in [-0.39, 0.29) is 23.1 Å². The Hall–Kier alpha value is -0.584. The van der Waals surface area contributed by atoms with E-state index < -0.39 is 12.1 Å². The van der Waals surface area contributed by atoms with E-state index in [0.29, 0.717) is 5.56 Å². The summed E-state index contributed by atoms with van der Waals surface area (Å²) in [5, 5.41) is 17.4. The number of rotatable bonds is 2. The van der Waals surface area contributed by atoms with Crippen molar-refractivity contribution >= 4 is 29.0 Å². The molecule has 4 heteroatoms. The van der Waals surface area contributed by atoms with E-state index in [4.69, 9.17) is 10.2 Å². The third-order valence-corrected chi connectivity index (χ3v) is 1.35. The fourth-order valence-corrected chi connectivity index (χ4v) is 0.778. The first-order chi connectivity index (χ1) is 5.22. The fraction of sp³-hybridized carbons (Fsp3) is 0.125. The van der Waals surface area contributed by atoms with Gasteiger partial charge in [0.1, 0.15) is 0 Å². The van der Waals surface area contributed by atoms with E-state index in [1.54, 1.807) is 30.3 Å². The summed E-state index contributed by atoms with van der Waals surface area (Å²) in [4.78, 5) is 10.2. The van der Waals surface area contributed by atoms with Crippen LogP contribution in [0.15, 0.2) is 30.3 Å². The van der Waals surface area contributed by atoms with Crippen molar-refractivity contribution < 1.29 is 15.0 Å². The van der Waals surface area contributed by atoms with Crippen molar-refractivity contribution in [2.24, 2.45) is 0 Å². The highest BCUT2D eigenvalue weighted by Crippen LogP contribution is 2.10. The van der Waals surface area contributed by atoms with E-state index in [0.717, 1.165) is 0 Å². The molecule has 0 aliphatic rings. The standard InChI is InChI=1S/C8H8O3.Mg/c9-7(8(10)11)6-4-2-1-3-5-6;/h1-5,7,9H,(H,10,11);/t7-;/m1./s1. The van der Waals surface area contributed by atoms with Crippen molar-refractivity contribution in [1.82, 2.24) is 0 Å². The Labute approximate surface area is 86.2 Å². The molecule has 0 amide bonds. The molecule has 2 radical (unpaired) electrons. The van der Waals surface area contributed by atoms with Gasteiger partial charge in [-0.1, -0.05) is 30.3 Å². The summed E-state index contributed by atoms with van der Waals surface area (Å²) >= 11 is 0. The van der Waals surface area contributed by atoms with Crippen molar-refractivity contribution in [2.45, 2.75) is 6.10 Å². The van der Waals surface area contributed by atoms with Gasteiger partial charge in [-0.15, -0.1) is 0 Å². The second-order valence-electron chi connectivity index (χ2n) is 2.15. The molecular weight excluding hydrogens is 168 g/mol. The number of carboxylic acids is 1. The van der Waals surface area contributed by atoms with Crippen LogP contribution < -0.4 is 0 Å². The Kier molecular flexibility index (Phi) is 4.88. The Balaban J connectivity index is 0.00000121. The molecule has 1 aromatic carbocycles. The second-order valence-corrected chi connectivity index (χ2v) is 2.15. The summed E-state index contributed by atoms with van der Waals surface area (Å²) in [6.07, 6.45) is -1.41. The molecule has 0 heterocycles. The minimum Gasteiger partial charge on any atom is -0.479 e. The van der Waals surface area contributed by atoms with Crippen molar-refractivity contribution in [3.8, 4) is 0 Å². The van der Waals surface area contributed by atoms with Crippen LogP contribution in [-0.2, 0) is 4.79 Å². The van der Waals surface area contributed by atoms with Crippen molar-refractivity contribution in [2.75, 3.05) is 0 Å². The topological polar surface area (TPSA) is 57.5 Å². The Bertz CT molecular complexity index is 248.